The van der Waals surface area contributed by atoms with Crippen molar-refractivity contribution in [3.05, 3.63) is 71.9 Å². The number of anilines is 1. The van der Waals surface area contributed by atoms with Crippen LogP contribution in [0.1, 0.15) is 11.1 Å². The van der Waals surface area contributed by atoms with Gasteiger partial charge in [-0.05, 0) is 31.5 Å². The summed E-state index contributed by atoms with van der Waals surface area (Å²) >= 11 is 0. The van der Waals surface area contributed by atoms with Crippen LogP contribution in [-0.2, 0) is 4.79 Å². The number of piperazine rings is 1. The van der Waals surface area contributed by atoms with E-state index in [-0.39, 0.29) is 0 Å². The number of hydrogen-bond acceptors (Lipinski definition) is 4. The molecule has 26 heavy (non-hydrogen) atoms. The Balaban J connectivity index is 0.000000227. The van der Waals surface area contributed by atoms with Crippen molar-refractivity contribution in [1.82, 2.24) is 10.3 Å². The first-order chi connectivity index (χ1) is 12.7. The van der Waals surface area contributed by atoms with Gasteiger partial charge in [0.05, 0.1) is 11.2 Å². The third-order valence-corrected chi connectivity index (χ3v) is 4.22. The van der Waals surface area contributed by atoms with Crippen LogP contribution in [0.5, 0.6) is 0 Å². The van der Waals surface area contributed by atoms with Crippen LogP contribution in [0.3, 0.4) is 0 Å². The number of aromatic nitrogens is 1. The highest BCUT2D eigenvalue weighted by Crippen LogP contribution is 2.25. The van der Waals surface area contributed by atoms with E-state index in [9.17, 15) is 0 Å². The zero-order chi connectivity index (χ0) is 18.8. The number of carbonyl (C=O) groups is 1. The minimum absolute atomic E-state index is 1.06. The average Bonchev–Trinajstić information content (AvgIpc) is 2.70. The Kier molecular flexibility index (Phi) is 7.77. The van der Waals surface area contributed by atoms with Gasteiger partial charge in [0.15, 0.2) is 0 Å². The van der Waals surface area contributed by atoms with Crippen LogP contribution in [0.2, 0.25) is 0 Å². The summed E-state index contributed by atoms with van der Waals surface area (Å²) in [4.78, 5) is 15.0. The SMILES string of the molecule is C=O.Cc1ccccc1.Cc1cnc2c(N3CCNCC3)cccc2c1. The minimum atomic E-state index is 1.06. The van der Waals surface area contributed by atoms with Gasteiger partial charge in [0.2, 0.25) is 0 Å². The van der Waals surface area contributed by atoms with E-state index in [1.54, 1.807) is 0 Å². The first-order valence-electron chi connectivity index (χ1n) is 8.85. The Morgan fingerprint density at radius 1 is 0.923 bits per heavy atom. The second kappa shape index (κ2) is 10.3. The Bertz CT molecular complexity index is 799. The highest BCUT2D eigenvalue weighted by Gasteiger charge is 2.13. The molecule has 1 saturated heterocycles. The molecule has 1 fully saturated rings. The maximum atomic E-state index is 8.00. The van der Waals surface area contributed by atoms with Crippen molar-refractivity contribution < 1.29 is 4.79 Å². The van der Waals surface area contributed by atoms with Crippen LogP contribution in [-0.4, -0.2) is 38.0 Å². The summed E-state index contributed by atoms with van der Waals surface area (Å²) in [5, 5.41) is 4.62. The van der Waals surface area contributed by atoms with Crippen molar-refractivity contribution in [3.8, 4) is 0 Å². The van der Waals surface area contributed by atoms with Gasteiger partial charge in [0.1, 0.15) is 6.79 Å². The number of hydrogen-bond donors (Lipinski definition) is 1. The highest BCUT2D eigenvalue weighted by atomic mass is 16.1. The van der Waals surface area contributed by atoms with Crippen LogP contribution in [0, 0.1) is 13.8 Å². The molecule has 0 saturated carbocycles. The van der Waals surface area contributed by atoms with Gasteiger partial charge in [-0.2, -0.15) is 0 Å². The Labute approximate surface area is 155 Å². The largest absolute Gasteiger partial charge is 0.367 e. The first kappa shape index (κ1) is 19.6. The Hall–Kier alpha value is -2.72. The van der Waals surface area contributed by atoms with E-state index < -0.39 is 0 Å². The molecule has 0 radical (unpaired) electrons. The number of fused-ring (bicyclic) bond motifs is 1. The molecule has 0 bridgehead atoms. The molecule has 3 aromatic rings. The first-order valence-corrected chi connectivity index (χ1v) is 8.85. The average molecular weight is 349 g/mol. The van der Waals surface area contributed by atoms with Gasteiger partial charge in [-0.15, -0.1) is 0 Å². The van der Waals surface area contributed by atoms with Gasteiger partial charge < -0.3 is 15.0 Å². The minimum Gasteiger partial charge on any atom is -0.367 e. The molecule has 0 unspecified atom stereocenters. The van der Waals surface area contributed by atoms with Gasteiger partial charge in [-0.3, -0.25) is 4.98 Å². The summed E-state index contributed by atoms with van der Waals surface area (Å²) < 4.78 is 0. The summed E-state index contributed by atoms with van der Waals surface area (Å²) in [7, 11) is 0. The molecule has 0 atom stereocenters. The van der Waals surface area contributed by atoms with Crippen molar-refractivity contribution in [1.29, 1.82) is 0 Å². The normalized spacial score (nSPS) is 13.2. The standard InChI is InChI=1S/C14H17N3.C7H8.CH2O/c1-11-9-12-3-2-4-13(14(12)16-10-11)17-7-5-15-6-8-17;1-7-5-3-2-4-6-7;1-2/h2-4,9-10,15H,5-8H2,1H3;2-6H,1H3;1H2. The van der Waals surface area contributed by atoms with E-state index in [4.69, 9.17) is 4.79 Å². The number of carbonyl (C=O) groups excluding carboxylic acids is 1. The zero-order valence-electron chi connectivity index (χ0n) is 15.6. The molecule has 0 aliphatic carbocycles. The molecule has 1 N–H and O–H groups in total. The number of benzene rings is 2. The quantitative estimate of drug-likeness (QED) is 0.726. The summed E-state index contributed by atoms with van der Waals surface area (Å²) in [5.41, 5.74) is 4.93. The Morgan fingerprint density at radius 2 is 1.62 bits per heavy atom. The molecular weight excluding hydrogens is 322 g/mol. The lowest BCUT2D eigenvalue weighted by molar-refractivity contribution is -0.0979. The van der Waals surface area contributed by atoms with Gasteiger partial charge in [0, 0.05) is 37.8 Å². The summed E-state index contributed by atoms with van der Waals surface area (Å²) in [5.74, 6) is 0. The number of nitrogens with zero attached hydrogens (tertiary/aromatic N) is 2. The van der Waals surface area contributed by atoms with E-state index in [1.807, 2.05) is 31.2 Å². The molecule has 0 amide bonds. The van der Waals surface area contributed by atoms with E-state index in [1.165, 1.54) is 22.2 Å². The van der Waals surface area contributed by atoms with Gasteiger partial charge in [-0.1, -0.05) is 48.0 Å². The summed E-state index contributed by atoms with van der Waals surface area (Å²) in [6, 6.07) is 18.9. The van der Waals surface area contributed by atoms with E-state index in [2.05, 4.69) is 65.4 Å². The predicted molar refractivity (Wildman–Crippen MR) is 110 cm³/mol. The van der Waals surface area contributed by atoms with Crippen LogP contribution in [0.15, 0.2) is 60.8 Å². The molecular formula is C22H27N3O. The van der Waals surface area contributed by atoms with Crippen molar-refractivity contribution in [3.63, 3.8) is 0 Å². The maximum absolute atomic E-state index is 8.00. The monoisotopic (exact) mass is 349 g/mol. The van der Waals surface area contributed by atoms with Crippen LogP contribution < -0.4 is 10.2 Å². The highest BCUT2D eigenvalue weighted by molar-refractivity contribution is 5.91. The smallest absolute Gasteiger partial charge is 0.106 e. The van der Waals surface area contributed by atoms with Crippen LogP contribution in [0.25, 0.3) is 10.9 Å². The molecule has 0 spiro atoms. The van der Waals surface area contributed by atoms with Crippen LogP contribution >= 0.6 is 0 Å². The molecule has 2 aromatic carbocycles. The van der Waals surface area contributed by atoms with E-state index in [0.717, 1.165) is 31.7 Å². The third kappa shape index (κ3) is 5.39. The fourth-order valence-corrected chi connectivity index (χ4v) is 2.95. The summed E-state index contributed by atoms with van der Waals surface area (Å²) in [6.07, 6.45) is 1.95. The van der Waals surface area contributed by atoms with Gasteiger partial charge in [0.25, 0.3) is 0 Å². The van der Waals surface area contributed by atoms with E-state index in [0.29, 0.717) is 0 Å². The Morgan fingerprint density at radius 3 is 2.23 bits per heavy atom. The number of rotatable bonds is 1. The molecule has 136 valence electrons. The maximum Gasteiger partial charge on any atom is 0.106 e. The number of nitrogens with one attached hydrogen (secondary N) is 1. The van der Waals surface area contributed by atoms with Crippen molar-refractivity contribution in [2.45, 2.75) is 13.8 Å². The number of pyridine rings is 1. The molecule has 2 heterocycles. The van der Waals surface area contributed by atoms with Gasteiger partial charge >= 0.3 is 0 Å². The van der Waals surface area contributed by atoms with Crippen LogP contribution in [0.4, 0.5) is 5.69 Å². The van der Waals surface area contributed by atoms with Gasteiger partial charge in [-0.25, -0.2) is 0 Å². The fourth-order valence-electron chi connectivity index (χ4n) is 2.95. The fraction of sp³-hybridized carbons (Fsp3) is 0.273. The number of aryl methyl sites for hydroxylation is 2. The topological polar surface area (TPSA) is 45.2 Å². The lowest BCUT2D eigenvalue weighted by Crippen LogP contribution is -2.43. The third-order valence-electron chi connectivity index (χ3n) is 4.22. The second-order valence-corrected chi connectivity index (χ2v) is 6.25. The van der Waals surface area contributed by atoms with Crippen molar-refractivity contribution >= 4 is 23.4 Å². The lowest BCUT2D eigenvalue weighted by Gasteiger charge is -2.30. The second-order valence-electron chi connectivity index (χ2n) is 6.25. The molecule has 4 heteroatoms. The van der Waals surface area contributed by atoms with Crippen molar-refractivity contribution in [2.24, 2.45) is 0 Å². The molecule has 1 aliphatic rings. The molecule has 1 aliphatic heterocycles. The molecule has 4 nitrogen and oxygen atoms in total. The molecule has 1 aromatic heterocycles. The summed E-state index contributed by atoms with van der Waals surface area (Å²) in [6.45, 7) is 10.4. The zero-order valence-corrected chi connectivity index (χ0v) is 15.6. The molecule has 4 rings (SSSR count). The predicted octanol–water partition coefficient (Wildman–Crippen LogP) is 3.76. The number of para-hydroxylation sites is 1. The van der Waals surface area contributed by atoms with E-state index >= 15 is 0 Å². The van der Waals surface area contributed by atoms with Crippen molar-refractivity contribution in [2.75, 3.05) is 31.1 Å². The lowest BCUT2D eigenvalue weighted by atomic mass is 10.1.